The van der Waals surface area contributed by atoms with E-state index in [1.807, 2.05) is 6.07 Å². The molecule has 1 aliphatic rings. The number of rotatable bonds is 1. The topological polar surface area (TPSA) is 13.1 Å². The third kappa shape index (κ3) is 1.31. The summed E-state index contributed by atoms with van der Waals surface area (Å²) in [7, 11) is 0. The normalized spacial score (nSPS) is 15.3. The van der Waals surface area contributed by atoms with Crippen LogP contribution in [0.3, 0.4) is 0 Å². The first-order chi connectivity index (χ1) is 7.77. The molecule has 2 aromatic rings. The van der Waals surface area contributed by atoms with Crippen molar-refractivity contribution in [1.82, 2.24) is 0 Å². The van der Waals surface area contributed by atoms with Crippen LogP contribution < -0.4 is 0 Å². The van der Waals surface area contributed by atoms with Crippen LogP contribution in [0.25, 0.3) is 16.5 Å². The molecule has 0 bridgehead atoms. The number of aryl methyl sites for hydroxylation is 1. The number of para-hydroxylation sites is 1. The molecule has 0 radical (unpaired) electrons. The van der Waals surface area contributed by atoms with E-state index in [4.69, 9.17) is 4.42 Å². The van der Waals surface area contributed by atoms with Crippen molar-refractivity contribution in [3.8, 4) is 0 Å². The van der Waals surface area contributed by atoms with E-state index in [1.54, 1.807) is 0 Å². The van der Waals surface area contributed by atoms with Crippen molar-refractivity contribution in [3.05, 3.63) is 41.7 Å². The van der Waals surface area contributed by atoms with E-state index in [0.29, 0.717) is 5.92 Å². The first kappa shape index (κ1) is 9.71. The van der Waals surface area contributed by atoms with Gasteiger partial charge in [-0.05, 0) is 30.4 Å². The maximum absolute atomic E-state index is 6.00. The van der Waals surface area contributed by atoms with Crippen LogP contribution in [0.1, 0.15) is 31.6 Å². The highest BCUT2D eigenvalue weighted by Gasteiger charge is 2.21. The maximum atomic E-state index is 6.00. The molecule has 1 heterocycles. The third-order valence-electron chi connectivity index (χ3n) is 3.34. The van der Waals surface area contributed by atoms with Gasteiger partial charge in [-0.15, -0.1) is 0 Å². The van der Waals surface area contributed by atoms with Gasteiger partial charge < -0.3 is 4.42 Å². The molecule has 0 atom stereocenters. The number of fused-ring (bicyclic) bond motifs is 3. The Kier molecular flexibility index (Phi) is 2.13. The van der Waals surface area contributed by atoms with Gasteiger partial charge in [0.1, 0.15) is 11.3 Å². The molecule has 1 aromatic heterocycles. The summed E-state index contributed by atoms with van der Waals surface area (Å²) in [6.45, 7) is 4.46. The molecule has 0 saturated carbocycles. The van der Waals surface area contributed by atoms with E-state index in [1.165, 1.54) is 16.5 Å². The minimum atomic E-state index is 0.541. The Morgan fingerprint density at radius 1 is 1.19 bits per heavy atom. The number of allylic oxidation sites excluding steroid dienone is 2. The number of benzene rings is 1. The SMILES string of the molecule is CC(C)C1=CCCc2c1oc1ccccc21. The molecule has 1 aliphatic carbocycles. The minimum Gasteiger partial charge on any atom is -0.456 e. The van der Waals surface area contributed by atoms with Crippen LogP contribution in [0.5, 0.6) is 0 Å². The van der Waals surface area contributed by atoms with Crippen LogP contribution in [-0.2, 0) is 6.42 Å². The van der Waals surface area contributed by atoms with Crippen LogP contribution >= 0.6 is 0 Å². The number of furan rings is 1. The zero-order chi connectivity index (χ0) is 11.1. The van der Waals surface area contributed by atoms with Crippen molar-refractivity contribution in [2.24, 2.45) is 5.92 Å². The Bertz CT molecular complexity index is 558. The molecular weight excluding hydrogens is 196 g/mol. The second kappa shape index (κ2) is 3.51. The van der Waals surface area contributed by atoms with Gasteiger partial charge in [-0.2, -0.15) is 0 Å². The van der Waals surface area contributed by atoms with Gasteiger partial charge in [-0.25, -0.2) is 0 Å². The lowest BCUT2D eigenvalue weighted by Gasteiger charge is -2.15. The highest BCUT2D eigenvalue weighted by Crippen LogP contribution is 2.37. The minimum absolute atomic E-state index is 0.541. The smallest absolute Gasteiger partial charge is 0.135 e. The molecule has 0 amide bonds. The lowest BCUT2D eigenvalue weighted by Crippen LogP contribution is -2.01. The number of hydrogen-bond donors (Lipinski definition) is 0. The molecule has 0 unspecified atom stereocenters. The summed E-state index contributed by atoms with van der Waals surface area (Å²) in [6, 6.07) is 8.36. The molecule has 1 heteroatoms. The van der Waals surface area contributed by atoms with Gasteiger partial charge >= 0.3 is 0 Å². The Hall–Kier alpha value is -1.50. The highest BCUT2D eigenvalue weighted by molar-refractivity contribution is 5.87. The summed E-state index contributed by atoms with van der Waals surface area (Å²) in [5.74, 6) is 1.67. The van der Waals surface area contributed by atoms with E-state index >= 15 is 0 Å². The molecule has 0 fully saturated rings. The third-order valence-corrected chi connectivity index (χ3v) is 3.34. The van der Waals surface area contributed by atoms with Gasteiger partial charge in [0.15, 0.2) is 0 Å². The zero-order valence-electron chi connectivity index (χ0n) is 9.79. The summed E-state index contributed by atoms with van der Waals surface area (Å²) >= 11 is 0. The molecule has 1 nitrogen and oxygen atoms in total. The van der Waals surface area contributed by atoms with Gasteiger partial charge in [-0.1, -0.05) is 38.1 Å². The fraction of sp³-hybridized carbons (Fsp3) is 0.333. The fourth-order valence-corrected chi connectivity index (χ4v) is 2.54. The van der Waals surface area contributed by atoms with Crippen LogP contribution in [0.2, 0.25) is 0 Å². The molecule has 0 spiro atoms. The van der Waals surface area contributed by atoms with E-state index in [2.05, 4.69) is 38.1 Å². The van der Waals surface area contributed by atoms with Crippen LogP contribution in [0.4, 0.5) is 0 Å². The zero-order valence-corrected chi connectivity index (χ0v) is 9.79. The quantitative estimate of drug-likeness (QED) is 0.682. The van der Waals surface area contributed by atoms with Gasteiger partial charge in [0.05, 0.1) is 0 Å². The van der Waals surface area contributed by atoms with Crippen LogP contribution in [0, 0.1) is 5.92 Å². The predicted octanol–water partition coefficient (Wildman–Crippen LogP) is 4.42. The summed E-state index contributed by atoms with van der Waals surface area (Å²) in [5, 5.41) is 1.30. The molecule has 0 saturated heterocycles. The Labute approximate surface area is 95.8 Å². The van der Waals surface area contributed by atoms with E-state index < -0.39 is 0 Å². The van der Waals surface area contributed by atoms with Crippen molar-refractivity contribution in [3.63, 3.8) is 0 Å². The average molecular weight is 212 g/mol. The Morgan fingerprint density at radius 3 is 2.81 bits per heavy atom. The Morgan fingerprint density at radius 2 is 2.00 bits per heavy atom. The monoisotopic (exact) mass is 212 g/mol. The van der Waals surface area contributed by atoms with Gasteiger partial charge in [0.25, 0.3) is 0 Å². The summed E-state index contributed by atoms with van der Waals surface area (Å²) in [6.07, 6.45) is 4.59. The van der Waals surface area contributed by atoms with Gasteiger partial charge in [-0.3, -0.25) is 0 Å². The fourth-order valence-electron chi connectivity index (χ4n) is 2.54. The van der Waals surface area contributed by atoms with Crippen LogP contribution in [0.15, 0.2) is 34.8 Å². The van der Waals surface area contributed by atoms with E-state index in [9.17, 15) is 0 Å². The van der Waals surface area contributed by atoms with E-state index in [0.717, 1.165) is 24.2 Å². The molecule has 3 rings (SSSR count). The van der Waals surface area contributed by atoms with Gasteiger partial charge in [0.2, 0.25) is 0 Å². The van der Waals surface area contributed by atoms with Crippen molar-refractivity contribution >= 4 is 16.5 Å². The predicted molar refractivity (Wildman–Crippen MR) is 67.4 cm³/mol. The van der Waals surface area contributed by atoms with Crippen LogP contribution in [-0.4, -0.2) is 0 Å². The van der Waals surface area contributed by atoms with Gasteiger partial charge in [0, 0.05) is 10.9 Å². The molecule has 1 aromatic carbocycles. The van der Waals surface area contributed by atoms with Crippen molar-refractivity contribution < 1.29 is 4.42 Å². The van der Waals surface area contributed by atoms with Crippen molar-refractivity contribution in [2.45, 2.75) is 26.7 Å². The second-order valence-electron chi connectivity index (χ2n) is 4.76. The first-order valence-electron chi connectivity index (χ1n) is 5.98. The largest absolute Gasteiger partial charge is 0.456 e. The summed E-state index contributed by atoms with van der Waals surface area (Å²) in [5.41, 5.74) is 3.81. The summed E-state index contributed by atoms with van der Waals surface area (Å²) < 4.78 is 6.00. The van der Waals surface area contributed by atoms with Crippen molar-refractivity contribution in [2.75, 3.05) is 0 Å². The standard InChI is InChI=1S/C15H16O/c1-10(2)11-7-5-8-13-12-6-3-4-9-14(12)16-15(11)13/h3-4,6-7,9-10H,5,8H2,1-2H3. The van der Waals surface area contributed by atoms with E-state index in [-0.39, 0.29) is 0 Å². The molecule has 0 N–H and O–H groups in total. The maximum Gasteiger partial charge on any atom is 0.135 e. The first-order valence-corrected chi connectivity index (χ1v) is 5.98. The number of hydrogen-bond acceptors (Lipinski definition) is 1. The molecule has 0 aliphatic heterocycles. The average Bonchev–Trinajstić information content (AvgIpc) is 2.67. The molecular formula is C15H16O. The lowest BCUT2D eigenvalue weighted by atomic mass is 9.89. The molecule has 16 heavy (non-hydrogen) atoms. The highest BCUT2D eigenvalue weighted by atomic mass is 16.3. The second-order valence-corrected chi connectivity index (χ2v) is 4.76. The Balaban J connectivity index is 2.27. The summed E-state index contributed by atoms with van der Waals surface area (Å²) in [4.78, 5) is 0. The van der Waals surface area contributed by atoms with Crippen molar-refractivity contribution in [1.29, 1.82) is 0 Å². The molecule has 82 valence electrons. The lowest BCUT2D eigenvalue weighted by molar-refractivity contribution is 0.578.